The molecule has 1 aliphatic heterocycles. The summed E-state index contributed by atoms with van der Waals surface area (Å²) in [7, 11) is 2.96. The molecule has 3 amide bonds. The van der Waals surface area contributed by atoms with Crippen molar-refractivity contribution >= 4 is 35.1 Å². The number of methoxy groups -OCH3 is 2. The second-order valence-electron chi connectivity index (χ2n) is 5.06. The lowest BCUT2D eigenvalue weighted by Gasteiger charge is -2.15. The lowest BCUT2D eigenvalue weighted by Crippen LogP contribution is -2.37. The van der Waals surface area contributed by atoms with Crippen LogP contribution in [0.15, 0.2) is 18.2 Å². The van der Waals surface area contributed by atoms with Crippen molar-refractivity contribution < 1.29 is 19.1 Å². The Morgan fingerprint density at radius 1 is 1.30 bits per heavy atom. The molecule has 0 spiro atoms. The molecule has 1 unspecified atom stereocenters. The van der Waals surface area contributed by atoms with Crippen molar-refractivity contribution in [1.29, 1.82) is 0 Å². The Bertz CT molecular complexity index is 562. The Morgan fingerprint density at radius 3 is 2.78 bits per heavy atom. The van der Waals surface area contributed by atoms with Crippen LogP contribution < -0.4 is 20.7 Å². The van der Waals surface area contributed by atoms with E-state index in [1.54, 1.807) is 18.2 Å². The summed E-state index contributed by atoms with van der Waals surface area (Å²) in [5, 5.41) is 8.38. The summed E-state index contributed by atoms with van der Waals surface area (Å²) >= 11 is 1.83. The lowest BCUT2D eigenvalue weighted by molar-refractivity contribution is -0.119. The second-order valence-corrected chi connectivity index (χ2v) is 6.21. The molecule has 1 fully saturated rings. The van der Waals surface area contributed by atoms with E-state index in [-0.39, 0.29) is 24.6 Å². The Labute approximate surface area is 139 Å². The highest BCUT2D eigenvalue weighted by Crippen LogP contribution is 2.28. The van der Waals surface area contributed by atoms with Gasteiger partial charge in [0.1, 0.15) is 12.4 Å². The fraction of sp³-hybridized carbons (Fsp3) is 0.467. The highest BCUT2D eigenvalue weighted by atomic mass is 32.2. The molecule has 0 radical (unpaired) electrons. The van der Waals surface area contributed by atoms with Gasteiger partial charge < -0.3 is 25.4 Å². The molecule has 0 aliphatic carbocycles. The number of hydrogen-bond donors (Lipinski definition) is 3. The molecule has 3 N–H and O–H groups in total. The summed E-state index contributed by atoms with van der Waals surface area (Å²) in [6.45, 7) is -0.0549. The van der Waals surface area contributed by atoms with Gasteiger partial charge in [0.15, 0.2) is 0 Å². The van der Waals surface area contributed by atoms with Crippen LogP contribution in [-0.4, -0.2) is 50.3 Å². The smallest absolute Gasteiger partial charge is 0.319 e. The predicted octanol–water partition coefficient (Wildman–Crippen LogP) is 1.91. The quantitative estimate of drug-likeness (QED) is 0.737. The average molecular weight is 339 g/mol. The third-order valence-corrected chi connectivity index (χ3v) is 4.43. The zero-order valence-electron chi connectivity index (χ0n) is 13.2. The summed E-state index contributed by atoms with van der Waals surface area (Å²) in [6, 6.07) is 5.00. The fourth-order valence-corrected chi connectivity index (χ4v) is 3.35. The van der Waals surface area contributed by atoms with Crippen LogP contribution in [0, 0.1) is 0 Å². The molecule has 0 aromatic heterocycles. The topological polar surface area (TPSA) is 88.7 Å². The molecule has 1 saturated heterocycles. The maximum Gasteiger partial charge on any atom is 0.319 e. The second kappa shape index (κ2) is 8.64. The highest BCUT2D eigenvalue weighted by molar-refractivity contribution is 7.99. The van der Waals surface area contributed by atoms with Gasteiger partial charge in [0, 0.05) is 24.6 Å². The van der Waals surface area contributed by atoms with E-state index in [1.165, 1.54) is 14.2 Å². The number of amides is 3. The van der Waals surface area contributed by atoms with Gasteiger partial charge in [0.05, 0.1) is 12.8 Å². The predicted molar refractivity (Wildman–Crippen MR) is 91.4 cm³/mol. The molecule has 126 valence electrons. The third-order valence-electron chi connectivity index (χ3n) is 3.27. The van der Waals surface area contributed by atoms with Gasteiger partial charge >= 0.3 is 6.03 Å². The number of carbonyl (C=O) groups excluding carboxylic acids is 2. The summed E-state index contributed by atoms with van der Waals surface area (Å²) in [4.78, 5) is 23.6. The first-order valence-corrected chi connectivity index (χ1v) is 8.40. The number of anilines is 2. The van der Waals surface area contributed by atoms with Crippen LogP contribution in [-0.2, 0) is 9.53 Å². The van der Waals surface area contributed by atoms with E-state index >= 15 is 0 Å². The summed E-state index contributed by atoms with van der Waals surface area (Å²) in [6.07, 6.45) is 0.985. The Kier molecular flexibility index (Phi) is 6.54. The van der Waals surface area contributed by atoms with Crippen LogP contribution in [0.5, 0.6) is 5.75 Å². The standard InChI is InChI=1S/C15H21N3O4S/c1-21-8-14(19)18-12-7-10(3-4-13(12)22-2)16-15(20)17-11-5-6-23-9-11/h3-4,7,11H,5-6,8-9H2,1-2H3,(H,18,19)(H2,16,17,20). The van der Waals surface area contributed by atoms with E-state index in [0.29, 0.717) is 17.1 Å². The minimum absolute atomic E-state index is 0.0549. The summed E-state index contributed by atoms with van der Waals surface area (Å²) in [5.74, 6) is 2.22. The number of benzene rings is 1. The van der Waals surface area contributed by atoms with E-state index in [1.807, 2.05) is 11.8 Å². The Morgan fingerprint density at radius 2 is 2.13 bits per heavy atom. The molecule has 23 heavy (non-hydrogen) atoms. The van der Waals surface area contributed by atoms with Crippen molar-refractivity contribution in [3.8, 4) is 5.75 Å². The molecule has 1 aliphatic rings. The van der Waals surface area contributed by atoms with Crippen LogP contribution in [0.4, 0.5) is 16.2 Å². The minimum atomic E-state index is -0.296. The van der Waals surface area contributed by atoms with Gasteiger partial charge in [0.2, 0.25) is 5.91 Å². The first-order chi connectivity index (χ1) is 11.1. The van der Waals surface area contributed by atoms with Gasteiger partial charge in [-0.2, -0.15) is 11.8 Å². The van der Waals surface area contributed by atoms with Gasteiger partial charge in [-0.15, -0.1) is 0 Å². The Hall–Kier alpha value is -1.93. The maximum absolute atomic E-state index is 12.0. The van der Waals surface area contributed by atoms with Crippen molar-refractivity contribution in [3.05, 3.63) is 18.2 Å². The number of thioether (sulfide) groups is 1. The zero-order valence-corrected chi connectivity index (χ0v) is 14.0. The number of hydrogen-bond acceptors (Lipinski definition) is 5. The van der Waals surface area contributed by atoms with Crippen LogP contribution in [0.1, 0.15) is 6.42 Å². The lowest BCUT2D eigenvalue weighted by atomic mass is 10.2. The van der Waals surface area contributed by atoms with E-state index in [0.717, 1.165) is 17.9 Å². The molecule has 0 saturated carbocycles. The minimum Gasteiger partial charge on any atom is -0.495 e. The molecule has 1 aromatic rings. The molecule has 1 aromatic carbocycles. The van der Waals surface area contributed by atoms with Crippen molar-refractivity contribution in [2.45, 2.75) is 12.5 Å². The van der Waals surface area contributed by atoms with Gasteiger partial charge in [0.25, 0.3) is 0 Å². The highest BCUT2D eigenvalue weighted by Gasteiger charge is 2.17. The van der Waals surface area contributed by atoms with E-state index in [9.17, 15) is 9.59 Å². The van der Waals surface area contributed by atoms with Crippen molar-refractivity contribution in [2.75, 3.05) is 43.0 Å². The molecular formula is C15H21N3O4S. The van der Waals surface area contributed by atoms with E-state index < -0.39 is 0 Å². The van der Waals surface area contributed by atoms with Gasteiger partial charge in [-0.3, -0.25) is 4.79 Å². The fourth-order valence-electron chi connectivity index (χ4n) is 2.20. The molecule has 1 atom stereocenters. The van der Waals surface area contributed by atoms with Gasteiger partial charge in [-0.1, -0.05) is 0 Å². The van der Waals surface area contributed by atoms with Gasteiger partial charge in [-0.05, 0) is 30.4 Å². The first kappa shape index (κ1) is 17.4. The average Bonchev–Trinajstić information content (AvgIpc) is 3.00. The van der Waals surface area contributed by atoms with Crippen molar-refractivity contribution in [2.24, 2.45) is 0 Å². The van der Waals surface area contributed by atoms with Crippen molar-refractivity contribution in [1.82, 2.24) is 5.32 Å². The number of ether oxygens (including phenoxy) is 2. The third kappa shape index (κ3) is 5.33. The zero-order chi connectivity index (χ0) is 16.7. The molecular weight excluding hydrogens is 318 g/mol. The first-order valence-electron chi connectivity index (χ1n) is 7.24. The maximum atomic E-state index is 12.0. The van der Waals surface area contributed by atoms with E-state index in [4.69, 9.17) is 9.47 Å². The van der Waals surface area contributed by atoms with Gasteiger partial charge in [-0.25, -0.2) is 4.79 Å². The number of carbonyl (C=O) groups is 2. The number of nitrogens with one attached hydrogen (secondary N) is 3. The monoisotopic (exact) mass is 339 g/mol. The largest absolute Gasteiger partial charge is 0.495 e. The number of urea groups is 1. The normalized spacial score (nSPS) is 16.7. The molecule has 7 nitrogen and oxygen atoms in total. The van der Waals surface area contributed by atoms with Crippen LogP contribution >= 0.6 is 11.8 Å². The number of rotatable bonds is 6. The Balaban J connectivity index is 2.00. The summed E-state index contributed by atoms with van der Waals surface area (Å²) in [5.41, 5.74) is 1.05. The SMILES string of the molecule is COCC(=O)Nc1cc(NC(=O)NC2CCSC2)ccc1OC. The van der Waals surface area contributed by atoms with E-state index in [2.05, 4.69) is 16.0 Å². The van der Waals surface area contributed by atoms with Crippen LogP contribution in [0.25, 0.3) is 0 Å². The molecule has 0 bridgehead atoms. The summed E-state index contributed by atoms with van der Waals surface area (Å²) < 4.78 is 9.99. The molecule has 1 heterocycles. The molecule has 8 heteroatoms. The molecule has 2 rings (SSSR count). The van der Waals surface area contributed by atoms with Crippen molar-refractivity contribution in [3.63, 3.8) is 0 Å². The van der Waals surface area contributed by atoms with Crippen LogP contribution in [0.3, 0.4) is 0 Å². The van der Waals surface area contributed by atoms with Crippen LogP contribution in [0.2, 0.25) is 0 Å².